The van der Waals surface area contributed by atoms with Gasteiger partial charge in [-0.3, -0.25) is 0 Å². The molecule has 0 heterocycles. The third-order valence-corrected chi connectivity index (χ3v) is 9.14. The molecule has 2 aromatic rings. The van der Waals surface area contributed by atoms with Gasteiger partial charge in [-0.05, 0) is 42.4 Å². The van der Waals surface area contributed by atoms with Crippen LogP contribution >= 0.6 is 0 Å². The molecule has 0 amide bonds. The van der Waals surface area contributed by atoms with Crippen molar-refractivity contribution in [1.82, 2.24) is 0 Å². The van der Waals surface area contributed by atoms with Crippen molar-refractivity contribution in [3.63, 3.8) is 0 Å². The highest BCUT2D eigenvalue weighted by molar-refractivity contribution is 6.87. The first-order valence-corrected chi connectivity index (χ1v) is 10.9. The average Bonchev–Trinajstić information content (AvgIpc) is 2.63. The van der Waals surface area contributed by atoms with Crippen molar-refractivity contribution in [2.45, 2.75) is 38.9 Å². The van der Waals surface area contributed by atoms with Crippen molar-refractivity contribution in [2.75, 3.05) is 0 Å². The van der Waals surface area contributed by atoms with E-state index in [0.717, 1.165) is 16.9 Å². The van der Waals surface area contributed by atoms with Gasteiger partial charge in [-0.25, -0.2) is 0 Å². The van der Waals surface area contributed by atoms with Gasteiger partial charge in [0.25, 0.3) is 0 Å². The fourth-order valence-electron chi connectivity index (χ4n) is 2.49. The Morgan fingerprint density at radius 2 is 1.39 bits per heavy atom. The minimum Gasteiger partial charge on any atom is -0.151 e. The molecule has 0 fully saturated rings. The molecule has 2 rings (SSSR count). The van der Waals surface area contributed by atoms with E-state index < -0.39 is 8.07 Å². The predicted octanol–water partition coefficient (Wildman–Crippen LogP) is 6.50. The molecule has 23 heavy (non-hydrogen) atoms. The number of hydrogen-bond acceptors (Lipinski definition) is 2. The van der Waals surface area contributed by atoms with Gasteiger partial charge in [-0.1, -0.05) is 57.0 Å². The lowest BCUT2D eigenvalue weighted by Crippen LogP contribution is -2.29. The smallest absolute Gasteiger partial charge is 0.138 e. The van der Waals surface area contributed by atoms with E-state index in [1.165, 1.54) is 18.1 Å². The molecule has 3 heteroatoms. The molecule has 0 saturated carbocycles. The molecule has 2 nitrogen and oxygen atoms in total. The maximum Gasteiger partial charge on any atom is 0.138 e. The van der Waals surface area contributed by atoms with E-state index >= 15 is 0 Å². The van der Waals surface area contributed by atoms with Gasteiger partial charge in [0.1, 0.15) is 13.8 Å². The SMILES string of the molecule is CC[Si](C#Cc1ccccc1N=Nc1ccccc1)(CC)CC. The molecule has 2 aromatic carbocycles. The number of rotatable bonds is 5. The van der Waals surface area contributed by atoms with E-state index in [2.05, 4.69) is 42.5 Å². The topological polar surface area (TPSA) is 24.7 Å². The Balaban J connectivity index is 2.30. The summed E-state index contributed by atoms with van der Waals surface area (Å²) in [6.07, 6.45) is 0. The largest absolute Gasteiger partial charge is 0.151 e. The second kappa shape index (κ2) is 8.45. The predicted molar refractivity (Wildman–Crippen MR) is 101 cm³/mol. The monoisotopic (exact) mass is 320 g/mol. The molecule has 0 N–H and O–H groups in total. The number of nitrogens with zero attached hydrogens (tertiary/aromatic N) is 2. The van der Waals surface area contributed by atoms with E-state index in [9.17, 15) is 0 Å². The van der Waals surface area contributed by atoms with Crippen LogP contribution in [0.3, 0.4) is 0 Å². The highest BCUT2D eigenvalue weighted by atomic mass is 28.3. The van der Waals surface area contributed by atoms with Gasteiger partial charge < -0.3 is 0 Å². The summed E-state index contributed by atoms with van der Waals surface area (Å²) in [5.74, 6) is 3.40. The molecule has 0 aliphatic carbocycles. The molecular weight excluding hydrogens is 296 g/mol. The van der Waals surface area contributed by atoms with Crippen LogP contribution in [0.15, 0.2) is 64.8 Å². The summed E-state index contributed by atoms with van der Waals surface area (Å²) in [5.41, 5.74) is 6.29. The van der Waals surface area contributed by atoms with Crippen LogP contribution in [-0.4, -0.2) is 8.07 Å². The summed E-state index contributed by atoms with van der Waals surface area (Å²) >= 11 is 0. The Hall–Kier alpha value is -2.18. The van der Waals surface area contributed by atoms with E-state index in [4.69, 9.17) is 0 Å². The third-order valence-electron chi connectivity index (χ3n) is 4.43. The Morgan fingerprint density at radius 3 is 2.04 bits per heavy atom. The standard InChI is InChI=1S/C20H24N2Si/c1-4-23(5-2,6-3)17-16-18-12-10-11-15-20(18)22-21-19-13-8-7-9-14-19/h7-15H,4-6H2,1-3H3. The first-order chi connectivity index (χ1) is 11.2. The van der Waals surface area contributed by atoms with Crippen molar-refractivity contribution < 1.29 is 0 Å². The van der Waals surface area contributed by atoms with Gasteiger partial charge in [-0.2, -0.15) is 5.11 Å². The van der Waals surface area contributed by atoms with Gasteiger partial charge in [0, 0.05) is 0 Å². The molecule has 118 valence electrons. The summed E-state index contributed by atoms with van der Waals surface area (Å²) in [5, 5.41) is 8.70. The molecule has 0 saturated heterocycles. The number of hydrogen-bond donors (Lipinski definition) is 0. The van der Waals surface area contributed by atoms with Crippen LogP contribution in [0, 0.1) is 11.5 Å². The summed E-state index contributed by atoms with van der Waals surface area (Å²) in [7, 11) is -1.44. The van der Waals surface area contributed by atoms with Gasteiger partial charge in [-0.15, -0.1) is 10.7 Å². The zero-order valence-corrected chi connectivity index (χ0v) is 15.2. The normalized spacial score (nSPS) is 11.3. The lowest BCUT2D eigenvalue weighted by molar-refractivity contribution is 1.20. The summed E-state index contributed by atoms with van der Waals surface area (Å²) in [6.45, 7) is 6.82. The Labute approximate surface area is 140 Å². The molecule has 0 aliphatic rings. The maximum absolute atomic E-state index is 4.39. The van der Waals surface area contributed by atoms with Crippen LogP contribution in [0.1, 0.15) is 26.3 Å². The molecule has 0 bridgehead atoms. The van der Waals surface area contributed by atoms with Gasteiger partial charge in [0.05, 0.1) is 11.3 Å². The van der Waals surface area contributed by atoms with Crippen LogP contribution < -0.4 is 0 Å². The Kier molecular flexibility index (Phi) is 6.31. The van der Waals surface area contributed by atoms with Crippen LogP contribution in [0.5, 0.6) is 0 Å². The lowest BCUT2D eigenvalue weighted by Gasteiger charge is -2.20. The van der Waals surface area contributed by atoms with E-state index in [0.29, 0.717) is 0 Å². The molecule has 0 radical (unpaired) electrons. The molecule has 0 spiro atoms. The van der Waals surface area contributed by atoms with Crippen LogP contribution in [0.2, 0.25) is 18.1 Å². The minimum absolute atomic E-state index is 0.843. The van der Waals surface area contributed by atoms with Crippen molar-refractivity contribution in [2.24, 2.45) is 10.2 Å². The van der Waals surface area contributed by atoms with Crippen LogP contribution in [-0.2, 0) is 0 Å². The van der Waals surface area contributed by atoms with Crippen LogP contribution in [0.4, 0.5) is 11.4 Å². The fourth-order valence-corrected chi connectivity index (χ4v) is 4.92. The summed E-state index contributed by atoms with van der Waals surface area (Å²) < 4.78 is 0. The first kappa shape index (κ1) is 17.2. The average molecular weight is 321 g/mol. The van der Waals surface area contributed by atoms with Crippen molar-refractivity contribution in [1.29, 1.82) is 0 Å². The Bertz CT molecular complexity index is 699. The van der Waals surface area contributed by atoms with Crippen molar-refractivity contribution in [3.05, 3.63) is 60.2 Å². The summed E-state index contributed by atoms with van der Waals surface area (Å²) in [6, 6.07) is 21.4. The molecule has 0 aliphatic heterocycles. The van der Waals surface area contributed by atoms with Crippen molar-refractivity contribution >= 4 is 19.4 Å². The van der Waals surface area contributed by atoms with Gasteiger partial charge in [0.2, 0.25) is 0 Å². The molecule has 0 unspecified atom stereocenters. The van der Waals surface area contributed by atoms with Crippen molar-refractivity contribution in [3.8, 4) is 11.5 Å². The minimum atomic E-state index is -1.44. The second-order valence-corrected chi connectivity index (χ2v) is 10.6. The lowest BCUT2D eigenvalue weighted by atomic mass is 10.2. The molecule has 0 atom stereocenters. The number of azo groups is 1. The zero-order valence-electron chi connectivity index (χ0n) is 14.2. The van der Waals surface area contributed by atoms with E-state index in [1.54, 1.807) is 0 Å². The van der Waals surface area contributed by atoms with E-state index in [-0.39, 0.29) is 0 Å². The molecular formula is C20H24N2Si. The highest BCUT2D eigenvalue weighted by Crippen LogP contribution is 2.23. The maximum atomic E-state index is 4.39. The second-order valence-electron chi connectivity index (χ2n) is 5.64. The van der Waals surface area contributed by atoms with Gasteiger partial charge in [0.15, 0.2) is 0 Å². The third kappa shape index (κ3) is 4.64. The molecule has 0 aromatic heterocycles. The Morgan fingerprint density at radius 1 is 0.783 bits per heavy atom. The highest BCUT2D eigenvalue weighted by Gasteiger charge is 2.24. The first-order valence-electron chi connectivity index (χ1n) is 8.32. The number of benzene rings is 2. The van der Waals surface area contributed by atoms with E-state index in [1.807, 2.05) is 54.6 Å². The quantitative estimate of drug-likeness (QED) is 0.341. The zero-order chi connectivity index (χ0) is 16.5. The van der Waals surface area contributed by atoms with Crippen LogP contribution in [0.25, 0.3) is 0 Å². The summed E-state index contributed by atoms with van der Waals surface area (Å²) in [4.78, 5) is 0. The van der Waals surface area contributed by atoms with Gasteiger partial charge >= 0.3 is 0 Å². The fraction of sp³-hybridized carbons (Fsp3) is 0.300.